The average Bonchev–Trinajstić information content (AvgIpc) is 2.73. The second-order valence-corrected chi connectivity index (χ2v) is 7.85. The molecule has 0 spiro atoms. The minimum atomic E-state index is -0.766. The Morgan fingerprint density at radius 2 is 1.75 bits per heavy atom. The predicted molar refractivity (Wildman–Crippen MR) is 120 cm³/mol. The van der Waals surface area contributed by atoms with Crippen molar-refractivity contribution in [3.05, 3.63) is 46.6 Å². The van der Waals surface area contributed by atoms with Gasteiger partial charge in [0.2, 0.25) is 5.75 Å². The molecule has 0 aliphatic heterocycles. The van der Waals surface area contributed by atoms with E-state index in [4.69, 9.17) is 28.1 Å². The molecule has 0 radical (unpaired) electrons. The quantitative estimate of drug-likeness (QED) is 0.328. The fraction of sp³-hybridized carbons (Fsp3) is 0.304. The number of ether oxygens (including phenoxy) is 5. The van der Waals surface area contributed by atoms with Gasteiger partial charge >= 0.3 is 6.16 Å². The first-order chi connectivity index (χ1) is 15.4. The van der Waals surface area contributed by atoms with Crippen LogP contribution in [-0.2, 0) is 4.74 Å². The van der Waals surface area contributed by atoms with E-state index in [1.165, 1.54) is 32.0 Å². The Labute approximate surface area is 189 Å². The molecule has 170 valence electrons. The zero-order valence-electron chi connectivity index (χ0n) is 18.4. The highest BCUT2D eigenvalue weighted by Gasteiger charge is 2.21. The minimum absolute atomic E-state index is 0.120. The summed E-state index contributed by atoms with van der Waals surface area (Å²) >= 11 is 1.25. The molecule has 2 aromatic carbocycles. The molecule has 3 rings (SSSR count). The van der Waals surface area contributed by atoms with Gasteiger partial charge in [-0.05, 0) is 45.0 Å². The normalized spacial score (nSPS) is 10.8. The van der Waals surface area contributed by atoms with Gasteiger partial charge in [-0.25, -0.2) is 4.79 Å². The summed E-state index contributed by atoms with van der Waals surface area (Å²) in [5.41, 5.74) is 0.0397. The van der Waals surface area contributed by atoms with E-state index in [0.29, 0.717) is 27.9 Å². The first kappa shape index (κ1) is 23.3. The molecule has 0 atom stereocenters. The van der Waals surface area contributed by atoms with Gasteiger partial charge in [-0.1, -0.05) is 11.8 Å². The van der Waals surface area contributed by atoms with Crippen LogP contribution in [0.3, 0.4) is 0 Å². The molecule has 0 N–H and O–H groups in total. The van der Waals surface area contributed by atoms with Gasteiger partial charge in [0.15, 0.2) is 22.0 Å². The van der Waals surface area contributed by atoms with Gasteiger partial charge in [0.05, 0.1) is 26.9 Å². The van der Waals surface area contributed by atoms with Crippen molar-refractivity contribution >= 4 is 28.9 Å². The molecule has 0 bridgehead atoms. The summed E-state index contributed by atoms with van der Waals surface area (Å²) in [5.74, 6) is 1.35. The van der Waals surface area contributed by atoms with Gasteiger partial charge in [-0.3, -0.25) is 4.79 Å². The molecule has 0 amide bonds. The fourth-order valence-corrected chi connectivity index (χ4v) is 3.74. The first-order valence-corrected chi connectivity index (χ1v) is 10.7. The van der Waals surface area contributed by atoms with Crippen LogP contribution in [0.1, 0.15) is 20.8 Å². The highest BCUT2D eigenvalue weighted by atomic mass is 32.2. The molecule has 0 aliphatic rings. The third kappa shape index (κ3) is 5.28. The molecule has 1 aromatic heterocycles. The van der Waals surface area contributed by atoms with Gasteiger partial charge in [-0.15, -0.1) is 0 Å². The first-order valence-electron chi connectivity index (χ1n) is 9.88. The Balaban J connectivity index is 1.95. The van der Waals surface area contributed by atoms with Crippen molar-refractivity contribution in [2.24, 2.45) is 0 Å². The number of hydrogen-bond donors (Lipinski definition) is 0. The summed E-state index contributed by atoms with van der Waals surface area (Å²) in [4.78, 5) is 25.1. The zero-order chi connectivity index (χ0) is 23.3. The zero-order valence-corrected chi connectivity index (χ0v) is 19.2. The van der Waals surface area contributed by atoms with Crippen LogP contribution in [0.25, 0.3) is 11.0 Å². The molecule has 9 heteroatoms. The third-order valence-corrected chi connectivity index (χ3v) is 5.06. The Bertz CT molecular complexity index is 1150. The van der Waals surface area contributed by atoms with Gasteiger partial charge in [0, 0.05) is 17.0 Å². The third-order valence-electron chi connectivity index (χ3n) is 4.15. The van der Waals surface area contributed by atoms with Gasteiger partial charge in [0.1, 0.15) is 16.7 Å². The maximum Gasteiger partial charge on any atom is 0.513 e. The topological polar surface area (TPSA) is 93.4 Å². The molecule has 0 saturated carbocycles. The Hall–Kier alpha value is -3.33. The summed E-state index contributed by atoms with van der Waals surface area (Å²) in [7, 11) is 2.94. The van der Waals surface area contributed by atoms with Crippen molar-refractivity contribution in [3.8, 4) is 23.0 Å². The van der Waals surface area contributed by atoms with Crippen LogP contribution in [0.4, 0.5) is 4.79 Å². The Morgan fingerprint density at radius 1 is 1.06 bits per heavy atom. The lowest BCUT2D eigenvalue weighted by Crippen LogP contribution is -2.09. The van der Waals surface area contributed by atoms with Gasteiger partial charge in [0.25, 0.3) is 0 Å². The summed E-state index contributed by atoms with van der Waals surface area (Å²) in [6, 6.07) is 9.75. The van der Waals surface area contributed by atoms with Crippen molar-refractivity contribution in [3.63, 3.8) is 0 Å². The number of carbonyl (C=O) groups excluding carboxylic acids is 1. The van der Waals surface area contributed by atoms with Crippen LogP contribution < -0.4 is 24.4 Å². The van der Waals surface area contributed by atoms with E-state index < -0.39 is 6.16 Å². The molecule has 0 saturated heterocycles. The maximum absolute atomic E-state index is 12.9. The Kier molecular flexibility index (Phi) is 7.53. The van der Waals surface area contributed by atoms with E-state index in [0.717, 1.165) is 4.90 Å². The molecular weight excluding hydrogens is 436 g/mol. The number of benzene rings is 2. The Morgan fingerprint density at radius 3 is 2.34 bits per heavy atom. The van der Waals surface area contributed by atoms with Crippen LogP contribution >= 0.6 is 11.8 Å². The highest BCUT2D eigenvalue weighted by molar-refractivity contribution is 7.99. The van der Waals surface area contributed by atoms with Crippen molar-refractivity contribution in [2.45, 2.75) is 36.9 Å². The summed E-state index contributed by atoms with van der Waals surface area (Å²) in [6.07, 6.45) is -0.886. The summed E-state index contributed by atoms with van der Waals surface area (Å²) in [5, 5.41) is 0.646. The minimum Gasteiger partial charge on any atom is -0.492 e. The summed E-state index contributed by atoms with van der Waals surface area (Å²) in [6.45, 7) is 5.69. The van der Waals surface area contributed by atoms with E-state index in [1.807, 2.05) is 13.8 Å². The van der Waals surface area contributed by atoms with Crippen LogP contribution in [0.2, 0.25) is 0 Å². The van der Waals surface area contributed by atoms with E-state index in [1.54, 1.807) is 37.3 Å². The average molecular weight is 461 g/mol. The molecule has 1 heterocycles. The lowest BCUT2D eigenvalue weighted by Gasteiger charge is -2.17. The smallest absolute Gasteiger partial charge is 0.492 e. The van der Waals surface area contributed by atoms with Crippen LogP contribution in [0.15, 0.2) is 55.6 Å². The largest absolute Gasteiger partial charge is 0.513 e. The number of fused-ring (bicyclic) bond motifs is 1. The summed E-state index contributed by atoms with van der Waals surface area (Å²) < 4.78 is 32.5. The lowest BCUT2D eigenvalue weighted by atomic mass is 10.1. The van der Waals surface area contributed by atoms with Crippen molar-refractivity contribution in [2.75, 3.05) is 20.8 Å². The van der Waals surface area contributed by atoms with Gasteiger partial charge < -0.3 is 28.1 Å². The van der Waals surface area contributed by atoms with Crippen molar-refractivity contribution < 1.29 is 32.9 Å². The lowest BCUT2D eigenvalue weighted by molar-refractivity contribution is 0.104. The van der Waals surface area contributed by atoms with E-state index in [2.05, 4.69) is 0 Å². The number of rotatable bonds is 8. The predicted octanol–water partition coefficient (Wildman–Crippen LogP) is 5.28. The van der Waals surface area contributed by atoms with Crippen molar-refractivity contribution in [1.82, 2.24) is 0 Å². The maximum atomic E-state index is 12.9. The molecule has 8 nitrogen and oxygen atoms in total. The number of carbonyl (C=O) groups is 1. The molecule has 32 heavy (non-hydrogen) atoms. The van der Waals surface area contributed by atoms with E-state index in [9.17, 15) is 9.59 Å². The number of methoxy groups -OCH3 is 2. The molecular formula is C23H24O8S. The SMILES string of the molecule is CCOC(=O)Oc1ccc(Sc2cc(=O)c3c(OC)c(OC)c(OC(C)C)cc3o2)cc1. The van der Waals surface area contributed by atoms with Crippen LogP contribution in [0.5, 0.6) is 23.0 Å². The van der Waals surface area contributed by atoms with E-state index in [-0.39, 0.29) is 29.3 Å². The van der Waals surface area contributed by atoms with E-state index >= 15 is 0 Å². The standard InChI is InChI=1S/C23H24O8S/c1-6-28-23(25)30-14-7-9-15(10-8-14)32-19-11-16(24)20-17(31-19)12-18(29-13(2)3)21(26-4)22(20)27-5/h7-13H,6H2,1-5H3. The van der Waals surface area contributed by atoms with Crippen molar-refractivity contribution in [1.29, 1.82) is 0 Å². The molecule has 0 unspecified atom stereocenters. The number of hydrogen-bond acceptors (Lipinski definition) is 9. The molecule has 0 fully saturated rings. The van der Waals surface area contributed by atoms with Gasteiger partial charge in [-0.2, -0.15) is 0 Å². The highest BCUT2D eigenvalue weighted by Crippen LogP contribution is 2.43. The molecule has 3 aromatic rings. The fourth-order valence-electron chi connectivity index (χ4n) is 2.94. The monoisotopic (exact) mass is 460 g/mol. The van der Waals surface area contributed by atoms with Crippen LogP contribution in [0, 0.1) is 0 Å². The second kappa shape index (κ2) is 10.3. The second-order valence-electron chi connectivity index (χ2n) is 6.77. The molecule has 0 aliphatic carbocycles. The van der Waals surface area contributed by atoms with Crippen LogP contribution in [-0.4, -0.2) is 33.1 Å².